The lowest BCUT2D eigenvalue weighted by atomic mass is 10.1. The number of carbonyl (C=O) groups is 1. The van der Waals surface area contributed by atoms with E-state index in [2.05, 4.69) is 27.0 Å². The first kappa shape index (κ1) is 17.3. The number of rotatable bonds is 7. The predicted molar refractivity (Wildman–Crippen MR) is 105 cm³/mol. The SMILES string of the molecule is CCn1c(S[C@@H](C(=O)NC2CC2)c2ccccc2)nnc1-c1cccs1. The van der Waals surface area contributed by atoms with Crippen molar-refractivity contribution in [1.29, 1.82) is 0 Å². The molecule has 134 valence electrons. The largest absolute Gasteiger partial charge is 0.352 e. The molecule has 0 bridgehead atoms. The Hall–Kier alpha value is -2.12. The zero-order valence-corrected chi connectivity index (χ0v) is 16.1. The number of aromatic nitrogens is 3. The summed E-state index contributed by atoms with van der Waals surface area (Å²) in [5, 5.41) is 14.4. The highest BCUT2D eigenvalue weighted by Crippen LogP contribution is 2.37. The standard InChI is InChI=1S/C19H20N4OS2/c1-2-23-17(15-9-6-12-25-15)21-22-19(23)26-16(13-7-4-3-5-8-13)18(24)20-14-10-11-14/h3-9,12,14,16H,2,10-11H2,1H3,(H,20,24)/t16-/m1/s1. The van der Waals surface area contributed by atoms with E-state index in [-0.39, 0.29) is 11.2 Å². The van der Waals surface area contributed by atoms with Crippen molar-refractivity contribution in [2.75, 3.05) is 0 Å². The second-order valence-electron chi connectivity index (χ2n) is 6.22. The molecule has 0 aliphatic heterocycles. The van der Waals surface area contributed by atoms with E-state index < -0.39 is 0 Å². The van der Waals surface area contributed by atoms with Crippen LogP contribution in [0.1, 0.15) is 30.6 Å². The summed E-state index contributed by atoms with van der Waals surface area (Å²) in [6.45, 7) is 2.83. The highest BCUT2D eigenvalue weighted by Gasteiger charge is 2.30. The third-order valence-corrected chi connectivity index (χ3v) is 6.36. The quantitative estimate of drug-likeness (QED) is 0.622. The summed E-state index contributed by atoms with van der Waals surface area (Å²) in [6.07, 6.45) is 2.15. The van der Waals surface area contributed by atoms with Crippen molar-refractivity contribution in [3.8, 4) is 10.7 Å². The van der Waals surface area contributed by atoms with Crippen LogP contribution in [0.3, 0.4) is 0 Å². The molecule has 1 aliphatic rings. The number of carbonyl (C=O) groups excluding carboxylic acids is 1. The van der Waals surface area contributed by atoms with Gasteiger partial charge in [-0.15, -0.1) is 21.5 Å². The molecule has 1 fully saturated rings. The van der Waals surface area contributed by atoms with Crippen molar-refractivity contribution in [1.82, 2.24) is 20.1 Å². The maximum Gasteiger partial charge on any atom is 0.238 e. The zero-order valence-electron chi connectivity index (χ0n) is 14.5. The van der Waals surface area contributed by atoms with Crippen LogP contribution in [0.5, 0.6) is 0 Å². The van der Waals surface area contributed by atoms with Gasteiger partial charge < -0.3 is 9.88 Å². The van der Waals surface area contributed by atoms with Crippen LogP contribution in [0.15, 0.2) is 53.0 Å². The Balaban J connectivity index is 1.64. The maximum atomic E-state index is 12.8. The second-order valence-corrected chi connectivity index (χ2v) is 8.24. The third kappa shape index (κ3) is 3.68. The Morgan fingerprint density at radius 2 is 2.08 bits per heavy atom. The van der Waals surface area contributed by atoms with Crippen molar-refractivity contribution in [3.63, 3.8) is 0 Å². The van der Waals surface area contributed by atoms with Crippen LogP contribution in [-0.2, 0) is 11.3 Å². The van der Waals surface area contributed by atoms with E-state index in [0.717, 1.165) is 40.8 Å². The van der Waals surface area contributed by atoms with Gasteiger partial charge in [0, 0.05) is 12.6 Å². The lowest BCUT2D eigenvalue weighted by Gasteiger charge is -2.17. The molecule has 0 radical (unpaired) electrons. The number of benzene rings is 1. The van der Waals surface area contributed by atoms with Gasteiger partial charge in [-0.05, 0) is 36.8 Å². The zero-order chi connectivity index (χ0) is 17.9. The van der Waals surface area contributed by atoms with E-state index in [1.807, 2.05) is 47.8 Å². The van der Waals surface area contributed by atoms with Gasteiger partial charge in [0.2, 0.25) is 5.91 Å². The number of thiophene rings is 1. The van der Waals surface area contributed by atoms with Gasteiger partial charge >= 0.3 is 0 Å². The minimum Gasteiger partial charge on any atom is -0.352 e. The summed E-state index contributed by atoms with van der Waals surface area (Å²) in [4.78, 5) is 13.9. The Morgan fingerprint density at radius 1 is 1.27 bits per heavy atom. The lowest BCUT2D eigenvalue weighted by Crippen LogP contribution is -2.30. The molecule has 1 saturated carbocycles. The Bertz CT molecular complexity index is 872. The molecule has 0 spiro atoms. The number of thioether (sulfide) groups is 1. The van der Waals surface area contributed by atoms with Gasteiger partial charge in [0.1, 0.15) is 5.25 Å². The molecule has 1 aliphatic carbocycles. The number of hydrogen-bond acceptors (Lipinski definition) is 5. The lowest BCUT2D eigenvalue weighted by molar-refractivity contribution is -0.120. The van der Waals surface area contributed by atoms with E-state index in [9.17, 15) is 4.79 Å². The molecule has 7 heteroatoms. The van der Waals surface area contributed by atoms with Gasteiger partial charge in [-0.2, -0.15) is 0 Å². The van der Waals surface area contributed by atoms with Crippen molar-refractivity contribution >= 4 is 29.0 Å². The highest BCUT2D eigenvalue weighted by atomic mass is 32.2. The molecule has 1 atom stereocenters. The van der Waals surface area contributed by atoms with Gasteiger partial charge in [0.05, 0.1) is 4.88 Å². The molecular weight excluding hydrogens is 364 g/mol. The fraction of sp³-hybridized carbons (Fsp3) is 0.316. The molecule has 4 rings (SSSR count). The predicted octanol–water partition coefficient (Wildman–Crippen LogP) is 4.14. The molecule has 0 saturated heterocycles. The average molecular weight is 385 g/mol. The fourth-order valence-electron chi connectivity index (χ4n) is 2.76. The molecular formula is C19H20N4OS2. The van der Waals surface area contributed by atoms with Crippen LogP contribution in [0.2, 0.25) is 0 Å². The van der Waals surface area contributed by atoms with Gasteiger partial charge in [-0.1, -0.05) is 48.2 Å². The number of nitrogens with one attached hydrogen (secondary N) is 1. The molecule has 0 unspecified atom stereocenters. The van der Waals surface area contributed by atoms with Crippen molar-refractivity contribution in [2.45, 2.75) is 42.8 Å². The molecule has 2 aromatic heterocycles. The molecule has 1 aromatic carbocycles. The average Bonchev–Trinajstić information content (AvgIpc) is 3.16. The summed E-state index contributed by atoms with van der Waals surface area (Å²) in [6, 6.07) is 14.3. The molecule has 26 heavy (non-hydrogen) atoms. The first-order valence-electron chi connectivity index (χ1n) is 8.75. The molecule has 2 heterocycles. The summed E-state index contributed by atoms with van der Waals surface area (Å²) in [5.74, 6) is 0.909. The summed E-state index contributed by atoms with van der Waals surface area (Å²) in [7, 11) is 0. The van der Waals surface area contributed by atoms with E-state index in [1.165, 1.54) is 11.8 Å². The van der Waals surface area contributed by atoms with E-state index >= 15 is 0 Å². The molecule has 5 nitrogen and oxygen atoms in total. The van der Waals surface area contributed by atoms with Crippen molar-refractivity contribution in [3.05, 3.63) is 53.4 Å². The minimum absolute atomic E-state index is 0.0482. The van der Waals surface area contributed by atoms with Gasteiger partial charge in [0.25, 0.3) is 0 Å². The van der Waals surface area contributed by atoms with Gasteiger partial charge in [-0.3, -0.25) is 4.79 Å². The summed E-state index contributed by atoms with van der Waals surface area (Å²) < 4.78 is 2.08. The maximum absolute atomic E-state index is 12.8. The topological polar surface area (TPSA) is 59.8 Å². The van der Waals surface area contributed by atoms with Crippen LogP contribution in [0, 0.1) is 0 Å². The van der Waals surface area contributed by atoms with Crippen LogP contribution in [0.25, 0.3) is 10.7 Å². The Morgan fingerprint density at radius 3 is 2.73 bits per heavy atom. The van der Waals surface area contributed by atoms with Gasteiger partial charge in [-0.25, -0.2) is 0 Å². The van der Waals surface area contributed by atoms with Crippen molar-refractivity contribution in [2.24, 2.45) is 0 Å². The van der Waals surface area contributed by atoms with Crippen LogP contribution >= 0.6 is 23.1 Å². The highest BCUT2D eigenvalue weighted by molar-refractivity contribution is 8.00. The van der Waals surface area contributed by atoms with E-state index in [0.29, 0.717) is 6.04 Å². The molecule has 1 N–H and O–H groups in total. The number of nitrogens with zero attached hydrogens (tertiary/aromatic N) is 3. The minimum atomic E-state index is -0.331. The number of hydrogen-bond donors (Lipinski definition) is 1. The van der Waals surface area contributed by atoms with Gasteiger partial charge in [0.15, 0.2) is 11.0 Å². The van der Waals surface area contributed by atoms with E-state index in [1.54, 1.807) is 11.3 Å². The molecule has 3 aromatic rings. The van der Waals surface area contributed by atoms with Crippen LogP contribution < -0.4 is 5.32 Å². The first-order chi connectivity index (χ1) is 12.8. The second kappa shape index (κ2) is 7.63. The first-order valence-corrected chi connectivity index (χ1v) is 10.5. The van der Waals surface area contributed by atoms with E-state index in [4.69, 9.17) is 0 Å². The number of amides is 1. The monoisotopic (exact) mass is 384 g/mol. The van der Waals surface area contributed by atoms with Crippen LogP contribution in [-0.4, -0.2) is 26.7 Å². The smallest absolute Gasteiger partial charge is 0.238 e. The molecule has 1 amide bonds. The Labute approximate surface area is 160 Å². The fourth-order valence-corrected chi connectivity index (χ4v) is 4.59. The normalized spacial score (nSPS) is 15.0. The van der Waals surface area contributed by atoms with Crippen molar-refractivity contribution < 1.29 is 4.79 Å². The summed E-state index contributed by atoms with van der Waals surface area (Å²) >= 11 is 3.12. The third-order valence-electron chi connectivity index (χ3n) is 4.26. The summed E-state index contributed by atoms with van der Waals surface area (Å²) in [5.41, 5.74) is 0.985. The van der Waals surface area contributed by atoms with Crippen LogP contribution in [0.4, 0.5) is 0 Å². The Kier molecular flexibility index (Phi) is 5.08.